The minimum Gasteiger partial charge on any atom is -0.394 e. The molecule has 1 aromatic rings. The van der Waals surface area contributed by atoms with Crippen molar-refractivity contribution in [2.75, 3.05) is 6.61 Å². The van der Waals surface area contributed by atoms with Crippen molar-refractivity contribution < 1.29 is 31.9 Å². The molecule has 1 rings (SSSR count). The molecule has 1 amide bonds. The summed E-state index contributed by atoms with van der Waals surface area (Å²) in [7, 11) is 0. The number of carbonyl (C=O) groups is 1. The Morgan fingerprint density at radius 1 is 1.21 bits per heavy atom. The van der Waals surface area contributed by atoms with Gasteiger partial charge in [0.15, 0.2) is 0 Å². The number of alkyl halides is 3. The van der Waals surface area contributed by atoms with E-state index in [4.69, 9.17) is 5.11 Å². The van der Waals surface area contributed by atoms with Crippen molar-refractivity contribution >= 4 is 6.41 Å². The molecule has 0 saturated heterocycles. The van der Waals surface area contributed by atoms with E-state index < -0.39 is 41.9 Å². The molecule has 0 fully saturated rings. The van der Waals surface area contributed by atoms with E-state index in [1.165, 1.54) is 0 Å². The zero-order valence-corrected chi connectivity index (χ0v) is 9.42. The van der Waals surface area contributed by atoms with E-state index in [1.807, 2.05) is 0 Å². The molecule has 19 heavy (non-hydrogen) atoms. The zero-order valence-electron chi connectivity index (χ0n) is 9.42. The highest BCUT2D eigenvalue weighted by Gasteiger charge is 2.46. The fraction of sp³-hybridized carbons (Fsp3) is 0.364. The lowest BCUT2D eigenvalue weighted by Gasteiger charge is -2.27. The van der Waals surface area contributed by atoms with Crippen molar-refractivity contribution in [3.8, 4) is 0 Å². The maximum atomic E-state index is 13.0. The van der Waals surface area contributed by atoms with Crippen LogP contribution in [0.1, 0.15) is 11.5 Å². The summed E-state index contributed by atoms with van der Waals surface area (Å²) >= 11 is 0. The predicted octanol–water partition coefficient (Wildman–Crippen LogP) is 1.72. The SMILES string of the molecule is O=CNC(CO)C(c1cc(F)cc(F)c1)C(F)(F)F. The number of aliphatic hydroxyl groups is 1. The summed E-state index contributed by atoms with van der Waals surface area (Å²) in [5.74, 6) is -4.76. The number of hydrogen-bond acceptors (Lipinski definition) is 2. The minimum atomic E-state index is -4.89. The second kappa shape index (κ2) is 5.96. The quantitative estimate of drug-likeness (QED) is 0.638. The average molecular weight is 283 g/mol. The standard InChI is InChI=1S/C11H10F5NO2/c12-7-1-6(2-8(13)3-7)10(11(14,15)16)9(4-18)17-5-19/h1-3,5,9-10,18H,4H2,(H,17,19). The molecule has 0 spiro atoms. The minimum absolute atomic E-state index is 0.0186. The third kappa shape index (κ3) is 3.88. The van der Waals surface area contributed by atoms with Gasteiger partial charge in [-0.05, 0) is 17.7 Å². The van der Waals surface area contributed by atoms with E-state index in [2.05, 4.69) is 0 Å². The molecule has 0 aromatic heterocycles. The van der Waals surface area contributed by atoms with E-state index >= 15 is 0 Å². The summed E-state index contributed by atoms with van der Waals surface area (Å²) in [6.07, 6.45) is -4.90. The molecule has 0 aliphatic heterocycles. The summed E-state index contributed by atoms with van der Waals surface area (Å²) in [6.45, 7) is -1.03. The summed E-state index contributed by atoms with van der Waals surface area (Å²) < 4.78 is 64.7. The number of rotatable bonds is 5. The van der Waals surface area contributed by atoms with E-state index in [1.54, 1.807) is 5.32 Å². The lowest BCUT2D eigenvalue weighted by Crippen LogP contribution is -2.43. The monoisotopic (exact) mass is 283 g/mol. The van der Waals surface area contributed by atoms with Crippen LogP contribution in [-0.2, 0) is 4.79 Å². The lowest BCUT2D eigenvalue weighted by atomic mass is 9.91. The van der Waals surface area contributed by atoms with Crippen LogP contribution in [-0.4, -0.2) is 30.3 Å². The smallest absolute Gasteiger partial charge is 0.394 e. The molecule has 2 atom stereocenters. The highest BCUT2D eigenvalue weighted by molar-refractivity contribution is 5.47. The Hall–Kier alpha value is -1.70. The van der Waals surface area contributed by atoms with Crippen LogP contribution in [0.25, 0.3) is 0 Å². The zero-order chi connectivity index (χ0) is 14.6. The van der Waals surface area contributed by atoms with Crippen LogP contribution >= 0.6 is 0 Å². The number of benzene rings is 1. The van der Waals surface area contributed by atoms with Gasteiger partial charge in [-0.15, -0.1) is 0 Å². The first-order valence-electron chi connectivity index (χ1n) is 5.13. The summed E-state index contributed by atoms with van der Waals surface area (Å²) in [6, 6.07) is -0.274. The van der Waals surface area contributed by atoms with Crippen molar-refractivity contribution in [2.24, 2.45) is 0 Å². The summed E-state index contributed by atoms with van der Waals surface area (Å²) in [4.78, 5) is 10.2. The largest absolute Gasteiger partial charge is 0.397 e. The maximum Gasteiger partial charge on any atom is 0.397 e. The lowest BCUT2D eigenvalue weighted by molar-refractivity contribution is -0.160. The highest BCUT2D eigenvalue weighted by Crippen LogP contribution is 2.37. The third-order valence-corrected chi connectivity index (χ3v) is 2.48. The molecule has 2 unspecified atom stereocenters. The van der Waals surface area contributed by atoms with E-state index in [0.29, 0.717) is 18.2 Å². The summed E-state index contributed by atoms with van der Waals surface area (Å²) in [5, 5.41) is 10.7. The van der Waals surface area contributed by atoms with Crippen LogP contribution in [0.15, 0.2) is 18.2 Å². The molecule has 0 aliphatic carbocycles. The Morgan fingerprint density at radius 3 is 2.11 bits per heavy atom. The normalized spacial score (nSPS) is 14.8. The number of nitrogens with one attached hydrogen (secondary N) is 1. The van der Waals surface area contributed by atoms with Crippen molar-refractivity contribution in [3.05, 3.63) is 35.4 Å². The van der Waals surface area contributed by atoms with Gasteiger partial charge in [-0.2, -0.15) is 13.2 Å². The fourth-order valence-corrected chi connectivity index (χ4v) is 1.75. The van der Waals surface area contributed by atoms with Gasteiger partial charge in [0, 0.05) is 6.07 Å². The Morgan fingerprint density at radius 2 is 1.74 bits per heavy atom. The van der Waals surface area contributed by atoms with Crippen molar-refractivity contribution in [1.82, 2.24) is 5.32 Å². The third-order valence-electron chi connectivity index (χ3n) is 2.48. The Kier molecular flexibility index (Phi) is 4.82. The number of aliphatic hydroxyl groups excluding tert-OH is 1. The van der Waals surface area contributed by atoms with Gasteiger partial charge in [0.05, 0.1) is 12.6 Å². The van der Waals surface area contributed by atoms with Gasteiger partial charge in [-0.25, -0.2) is 8.78 Å². The first-order chi connectivity index (χ1) is 8.79. The average Bonchev–Trinajstić information content (AvgIpc) is 2.25. The Balaban J connectivity index is 3.26. The van der Waals surface area contributed by atoms with Crippen LogP contribution in [0.3, 0.4) is 0 Å². The van der Waals surface area contributed by atoms with E-state index in [0.717, 1.165) is 0 Å². The highest BCUT2D eigenvalue weighted by atomic mass is 19.4. The molecule has 0 bridgehead atoms. The molecule has 3 nitrogen and oxygen atoms in total. The molecular formula is C11H10F5NO2. The second-order valence-electron chi connectivity index (χ2n) is 3.80. The molecule has 0 aliphatic rings. The Labute approximate surface area is 105 Å². The predicted molar refractivity (Wildman–Crippen MR) is 55.2 cm³/mol. The van der Waals surface area contributed by atoms with Crippen molar-refractivity contribution in [2.45, 2.75) is 18.1 Å². The molecule has 0 heterocycles. The Bertz CT molecular complexity index is 429. The van der Waals surface area contributed by atoms with Crippen LogP contribution in [0, 0.1) is 11.6 Å². The van der Waals surface area contributed by atoms with Gasteiger partial charge in [0.2, 0.25) is 6.41 Å². The molecule has 106 valence electrons. The van der Waals surface area contributed by atoms with Crippen LogP contribution in [0.5, 0.6) is 0 Å². The molecular weight excluding hydrogens is 273 g/mol. The molecule has 0 radical (unpaired) electrons. The van der Waals surface area contributed by atoms with Crippen LogP contribution < -0.4 is 5.32 Å². The number of halogens is 5. The van der Waals surface area contributed by atoms with Gasteiger partial charge in [0.1, 0.15) is 17.6 Å². The van der Waals surface area contributed by atoms with E-state index in [-0.39, 0.29) is 6.41 Å². The van der Waals surface area contributed by atoms with Gasteiger partial charge in [0.25, 0.3) is 0 Å². The van der Waals surface area contributed by atoms with Gasteiger partial charge in [-0.3, -0.25) is 4.79 Å². The molecule has 2 N–H and O–H groups in total. The van der Waals surface area contributed by atoms with Gasteiger partial charge < -0.3 is 10.4 Å². The molecule has 1 aromatic carbocycles. The fourth-order valence-electron chi connectivity index (χ4n) is 1.75. The van der Waals surface area contributed by atoms with Crippen molar-refractivity contribution in [1.29, 1.82) is 0 Å². The first-order valence-corrected chi connectivity index (χ1v) is 5.13. The summed E-state index contributed by atoms with van der Waals surface area (Å²) in [5.41, 5.74) is -0.710. The van der Waals surface area contributed by atoms with Gasteiger partial charge in [-0.1, -0.05) is 0 Å². The maximum absolute atomic E-state index is 13.0. The number of amides is 1. The first kappa shape index (κ1) is 15.4. The van der Waals surface area contributed by atoms with Crippen molar-refractivity contribution in [3.63, 3.8) is 0 Å². The number of hydrogen-bond donors (Lipinski definition) is 2. The van der Waals surface area contributed by atoms with Crippen LogP contribution in [0.4, 0.5) is 22.0 Å². The van der Waals surface area contributed by atoms with Crippen LogP contribution in [0.2, 0.25) is 0 Å². The second-order valence-corrected chi connectivity index (χ2v) is 3.80. The molecule has 0 saturated carbocycles. The van der Waals surface area contributed by atoms with E-state index in [9.17, 15) is 26.7 Å². The topological polar surface area (TPSA) is 49.3 Å². The van der Waals surface area contributed by atoms with Gasteiger partial charge >= 0.3 is 6.18 Å². The number of carbonyl (C=O) groups excluding carboxylic acids is 1. The molecule has 8 heteroatoms.